The molecule has 1 aromatic carbocycles. The largest absolute Gasteiger partial charge is 0.281 e. The van der Waals surface area contributed by atoms with Crippen LogP contribution in [0.2, 0.25) is 5.02 Å². The summed E-state index contributed by atoms with van der Waals surface area (Å²) in [6, 6.07) is 6.74. The van der Waals surface area contributed by atoms with Gasteiger partial charge in [-0.3, -0.25) is 15.0 Å². The van der Waals surface area contributed by atoms with Gasteiger partial charge in [0.15, 0.2) is 0 Å². The minimum atomic E-state index is -0.430. The Labute approximate surface area is 153 Å². The van der Waals surface area contributed by atoms with Gasteiger partial charge in [0.2, 0.25) is 0 Å². The van der Waals surface area contributed by atoms with E-state index in [1.807, 2.05) is 0 Å². The summed E-state index contributed by atoms with van der Waals surface area (Å²) in [4.78, 5) is 32.1. The molecular formula is C18H16ClN3O2S. The van der Waals surface area contributed by atoms with Gasteiger partial charge in [0.25, 0.3) is 11.5 Å². The summed E-state index contributed by atoms with van der Waals surface area (Å²) < 4.78 is 1.23. The predicted molar refractivity (Wildman–Crippen MR) is 100 cm³/mol. The van der Waals surface area contributed by atoms with Crippen molar-refractivity contribution in [3.05, 3.63) is 61.5 Å². The maximum absolute atomic E-state index is 13.0. The molecule has 1 aliphatic rings. The first-order chi connectivity index (χ1) is 12.1. The summed E-state index contributed by atoms with van der Waals surface area (Å²) in [6.45, 7) is 1.71. The molecule has 5 nitrogen and oxygen atoms in total. The Morgan fingerprint density at radius 3 is 2.84 bits per heavy atom. The smallest absolute Gasteiger partial charge is 0.267 e. The van der Waals surface area contributed by atoms with Gasteiger partial charge in [-0.2, -0.15) is 0 Å². The van der Waals surface area contributed by atoms with E-state index in [1.165, 1.54) is 9.55 Å². The number of carbonyl (C=O) groups excluding carboxylic acids is 1. The van der Waals surface area contributed by atoms with Crippen LogP contribution in [-0.4, -0.2) is 15.6 Å². The molecule has 0 bridgehead atoms. The summed E-state index contributed by atoms with van der Waals surface area (Å²) in [5, 5.41) is 0.984. The molecule has 25 heavy (non-hydrogen) atoms. The number of nitrogens with one attached hydrogen (secondary N) is 1. The second-order valence-corrected chi connectivity index (χ2v) is 7.60. The van der Waals surface area contributed by atoms with Crippen molar-refractivity contribution in [3.8, 4) is 0 Å². The zero-order valence-electron chi connectivity index (χ0n) is 13.6. The number of aromatic nitrogens is 2. The van der Waals surface area contributed by atoms with E-state index < -0.39 is 5.91 Å². The zero-order valence-corrected chi connectivity index (χ0v) is 15.2. The Balaban J connectivity index is 1.81. The molecule has 1 aliphatic carbocycles. The number of carbonyl (C=O) groups is 1. The lowest BCUT2D eigenvalue weighted by molar-refractivity contribution is 0.101. The summed E-state index contributed by atoms with van der Waals surface area (Å²) in [6.07, 6.45) is 4.13. The Kier molecular flexibility index (Phi) is 4.09. The highest BCUT2D eigenvalue weighted by Crippen LogP contribution is 2.33. The standard InChI is InChI=1S/C18H16ClN3O2S/c1-10-20-17-15(12-7-3-5-9-14(12)25-17)18(24)22(10)21-16(23)11-6-2-4-8-13(11)19/h2,4,6,8H,3,5,7,9H2,1H3,(H,21,23). The van der Waals surface area contributed by atoms with Crippen LogP contribution in [0.5, 0.6) is 0 Å². The molecule has 1 amide bonds. The number of amides is 1. The van der Waals surface area contributed by atoms with E-state index in [-0.39, 0.29) is 5.56 Å². The van der Waals surface area contributed by atoms with Crippen LogP contribution >= 0.6 is 22.9 Å². The Morgan fingerprint density at radius 1 is 1.28 bits per heavy atom. The molecule has 0 unspecified atom stereocenters. The second-order valence-electron chi connectivity index (χ2n) is 6.11. The van der Waals surface area contributed by atoms with Crippen LogP contribution in [0, 0.1) is 6.92 Å². The first kappa shape index (κ1) is 16.3. The van der Waals surface area contributed by atoms with E-state index in [1.54, 1.807) is 42.5 Å². The normalized spacial score (nSPS) is 13.7. The molecule has 128 valence electrons. The predicted octanol–water partition coefficient (Wildman–Crippen LogP) is 3.68. The lowest BCUT2D eigenvalue weighted by Crippen LogP contribution is -2.35. The first-order valence-electron chi connectivity index (χ1n) is 8.16. The van der Waals surface area contributed by atoms with Gasteiger partial charge in [-0.15, -0.1) is 11.3 Å². The summed E-state index contributed by atoms with van der Waals surface area (Å²) in [5.41, 5.74) is 3.85. The average Bonchev–Trinajstić information content (AvgIpc) is 2.96. The maximum atomic E-state index is 13.0. The third kappa shape index (κ3) is 2.75. The molecule has 0 aliphatic heterocycles. The zero-order chi connectivity index (χ0) is 17.6. The minimum Gasteiger partial charge on any atom is -0.267 e. The molecule has 0 saturated heterocycles. The van der Waals surface area contributed by atoms with Crippen LogP contribution < -0.4 is 11.0 Å². The molecule has 0 radical (unpaired) electrons. The monoisotopic (exact) mass is 373 g/mol. The van der Waals surface area contributed by atoms with Gasteiger partial charge in [-0.05, 0) is 50.3 Å². The molecule has 0 saturated carbocycles. The Hall–Kier alpha value is -2.18. The summed E-state index contributed by atoms with van der Waals surface area (Å²) >= 11 is 7.67. The molecule has 0 spiro atoms. The van der Waals surface area contributed by atoms with Crippen LogP contribution in [-0.2, 0) is 12.8 Å². The van der Waals surface area contributed by atoms with E-state index in [9.17, 15) is 9.59 Å². The van der Waals surface area contributed by atoms with Crippen molar-refractivity contribution in [3.63, 3.8) is 0 Å². The highest BCUT2D eigenvalue weighted by molar-refractivity contribution is 7.18. The van der Waals surface area contributed by atoms with Crippen LogP contribution in [0.15, 0.2) is 29.1 Å². The third-order valence-corrected chi connectivity index (χ3v) is 6.00. The number of hydrogen-bond donors (Lipinski definition) is 1. The van der Waals surface area contributed by atoms with Crippen molar-refractivity contribution in [2.45, 2.75) is 32.6 Å². The summed E-state index contributed by atoms with van der Waals surface area (Å²) in [7, 11) is 0. The molecule has 0 atom stereocenters. The fraction of sp³-hybridized carbons (Fsp3) is 0.278. The fourth-order valence-electron chi connectivity index (χ4n) is 3.25. The molecule has 3 aromatic rings. The maximum Gasteiger partial charge on any atom is 0.281 e. The highest BCUT2D eigenvalue weighted by Gasteiger charge is 2.22. The number of thiophene rings is 1. The second kappa shape index (κ2) is 6.28. The number of fused-ring (bicyclic) bond motifs is 3. The lowest BCUT2D eigenvalue weighted by atomic mass is 9.97. The van der Waals surface area contributed by atoms with Crippen LogP contribution in [0.1, 0.15) is 39.5 Å². The Bertz CT molecular complexity index is 1050. The molecule has 7 heteroatoms. The minimum absolute atomic E-state index is 0.220. The van der Waals surface area contributed by atoms with Gasteiger partial charge >= 0.3 is 0 Å². The van der Waals surface area contributed by atoms with Gasteiger partial charge in [0, 0.05) is 4.88 Å². The van der Waals surface area contributed by atoms with Gasteiger partial charge < -0.3 is 0 Å². The molecule has 2 aromatic heterocycles. The lowest BCUT2D eigenvalue weighted by Gasteiger charge is -2.13. The van der Waals surface area contributed by atoms with E-state index in [4.69, 9.17) is 11.6 Å². The van der Waals surface area contributed by atoms with E-state index >= 15 is 0 Å². The number of rotatable bonds is 2. The quantitative estimate of drug-likeness (QED) is 0.745. The molecule has 0 fully saturated rings. The average molecular weight is 374 g/mol. The van der Waals surface area contributed by atoms with Crippen molar-refractivity contribution >= 4 is 39.1 Å². The topological polar surface area (TPSA) is 64.0 Å². The highest BCUT2D eigenvalue weighted by atomic mass is 35.5. The van der Waals surface area contributed by atoms with Crippen molar-refractivity contribution in [2.75, 3.05) is 5.43 Å². The number of halogens is 1. The molecular weight excluding hydrogens is 358 g/mol. The van der Waals surface area contributed by atoms with Crippen LogP contribution in [0.25, 0.3) is 10.2 Å². The van der Waals surface area contributed by atoms with Crippen LogP contribution in [0.3, 0.4) is 0 Å². The third-order valence-electron chi connectivity index (χ3n) is 4.49. The number of benzene rings is 1. The Morgan fingerprint density at radius 2 is 2.04 bits per heavy atom. The number of hydrogen-bond acceptors (Lipinski definition) is 4. The van der Waals surface area contributed by atoms with Gasteiger partial charge in [0.1, 0.15) is 10.7 Å². The first-order valence-corrected chi connectivity index (χ1v) is 9.35. The van der Waals surface area contributed by atoms with Crippen molar-refractivity contribution in [2.24, 2.45) is 0 Å². The van der Waals surface area contributed by atoms with Gasteiger partial charge in [0.05, 0.1) is 16.0 Å². The SMILES string of the molecule is Cc1nc2sc3c(c2c(=O)n1NC(=O)c1ccccc1Cl)CCCC3. The fourth-order valence-corrected chi connectivity index (χ4v) is 4.76. The molecule has 4 rings (SSSR count). The van der Waals surface area contributed by atoms with Crippen molar-refractivity contribution in [1.29, 1.82) is 0 Å². The summed E-state index contributed by atoms with van der Waals surface area (Å²) in [5.74, 6) is 0.0255. The number of nitrogens with zero attached hydrogens (tertiary/aromatic N) is 2. The van der Waals surface area contributed by atoms with Gasteiger partial charge in [-0.1, -0.05) is 23.7 Å². The van der Waals surface area contributed by atoms with Crippen molar-refractivity contribution in [1.82, 2.24) is 9.66 Å². The van der Waals surface area contributed by atoms with Crippen molar-refractivity contribution < 1.29 is 4.79 Å². The number of aryl methyl sites for hydroxylation is 3. The molecule has 2 heterocycles. The van der Waals surface area contributed by atoms with Crippen LogP contribution in [0.4, 0.5) is 0 Å². The van der Waals surface area contributed by atoms with E-state index in [0.717, 1.165) is 36.1 Å². The van der Waals surface area contributed by atoms with E-state index in [2.05, 4.69) is 10.4 Å². The van der Waals surface area contributed by atoms with Gasteiger partial charge in [-0.25, -0.2) is 9.66 Å². The van der Waals surface area contributed by atoms with E-state index in [0.29, 0.717) is 21.8 Å². The molecule has 1 N–H and O–H groups in total.